The number of hydrogen-bond acceptors (Lipinski definition) is 8. The van der Waals surface area contributed by atoms with E-state index in [2.05, 4.69) is 20.1 Å². The smallest absolute Gasteiger partial charge is 0.282 e. The van der Waals surface area contributed by atoms with E-state index in [9.17, 15) is 20.0 Å². The van der Waals surface area contributed by atoms with Gasteiger partial charge in [-0.3, -0.25) is 20.2 Å². The number of phenols is 1. The zero-order chi connectivity index (χ0) is 13.1. The molecule has 0 aliphatic rings. The number of phenolic OH excluding ortho intramolecular Hbond substituents is 1. The third-order valence-corrected chi connectivity index (χ3v) is 2.45. The lowest BCUT2D eigenvalue weighted by atomic mass is 10.1. The van der Waals surface area contributed by atoms with E-state index in [0.717, 1.165) is 29.7 Å². The SMILES string of the molecule is O=C(Nc1nnns1)c1cc(O)ccc1[N+](=O)[O-]. The highest BCUT2D eigenvalue weighted by Gasteiger charge is 2.21. The Bertz CT molecular complexity index is 600. The number of nitrogens with zero attached hydrogens (tertiary/aromatic N) is 4. The molecule has 0 bridgehead atoms. The summed E-state index contributed by atoms with van der Waals surface area (Å²) in [6.45, 7) is 0. The molecule has 0 aliphatic heterocycles. The molecular formula is C8H5N5O4S. The molecule has 0 atom stereocenters. The molecule has 10 heteroatoms. The van der Waals surface area contributed by atoms with Gasteiger partial charge in [-0.2, -0.15) is 0 Å². The Balaban J connectivity index is 2.34. The van der Waals surface area contributed by atoms with E-state index < -0.39 is 16.5 Å². The minimum absolute atomic E-state index is 0.109. The van der Waals surface area contributed by atoms with Gasteiger partial charge in [-0.25, -0.2) is 0 Å². The standard InChI is InChI=1S/C8H5N5O4S/c14-4-1-2-6(13(16)17)5(3-4)7(15)9-8-10-11-12-18-8/h1-3,14H,(H,9,10,12,15). The summed E-state index contributed by atoms with van der Waals surface area (Å²) in [5.41, 5.74) is -0.682. The molecule has 1 aromatic heterocycles. The maximum atomic E-state index is 11.8. The van der Waals surface area contributed by atoms with Crippen molar-refractivity contribution >= 4 is 28.3 Å². The van der Waals surface area contributed by atoms with Crippen LogP contribution in [0, 0.1) is 10.1 Å². The Morgan fingerprint density at radius 3 is 2.89 bits per heavy atom. The number of aromatic hydroxyl groups is 1. The summed E-state index contributed by atoms with van der Waals surface area (Å²) < 4.78 is 3.43. The van der Waals surface area contributed by atoms with Crippen molar-refractivity contribution in [1.29, 1.82) is 0 Å². The van der Waals surface area contributed by atoms with E-state index in [0.29, 0.717) is 0 Å². The van der Waals surface area contributed by atoms with Crippen LogP contribution in [-0.2, 0) is 0 Å². The molecule has 92 valence electrons. The fraction of sp³-hybridized carbons (Fsp3) is 0. The molecule has 2 aromatic rings. The average molecular weight is 267 g/mol. The maximum absolute atomic E-state index is 11.8. The fourth-order valence-corrected chi connectivity index (χ4v) is 1.57. The number of nitro benzene ring substituents is 1. The molecular weight excluding hydrogens is 262 g/mol. The molecule has 1 amide bonds. The van der Waals surface area contributed by atoms with Gasteiger partial charge in [-0.05, 0) is 17.3 Å². The number of aromatic nitrogens is 3. The molecule has 2 rings (SSSR count). The normalized spacial score (nSPS) is 10.0. The van der Waals surface area contributed by atoms with Crippen molar-refractivity contribution in [2.24, 2.45) is 0 Å². The summed E-state index contributed by atoms with van der Waals surface area (Å²) >= 11 is 0.828. The van der Waals surface area contributed by atoms with Crippen molar-refractivity contribution in [3.8, 4) is 5.75 Å². The van der Waals surface area contributed by atoms with Gasteiger partial charge < -0.3 is 5.11 Å². The Kier molecular flexibility index (Phi) is 3.10. The number of amides is 1. The van der Waals surface area contributed by atoms with Gasteiger partial charge in [0.25, 0.3) is 11.6 Å². The lowest BCUT2D eigenvalue weighted by molar-refractivity contribution is -0.385. The van der Waals surface area contributed by atoms with Crippen LogP contribution in [0.15, 0.2) is 18.2 Å². The van der Waals surface area contributed by atoms with Gasteiger partial charge in [-0.1, -0.05) is 9.59 Å². The first-order valence-corrected chi connectivity index (χ1v) is 5.29. The zero-order valence-corrected chi connectivity index (χ0v) is 9.42. The van der Waals surface area contributed by atoms with E-state index in [1.807, 2.05) is 0 Å². The molecule has 18 heavy (non-hydrogen) atoms. The van der Waals surface area contributed by atoms with Crippen LogP contribution in [0.2, 0.25) is 0 Å². The van der Waals surface area contributed by atoms with E-state index in [1.54, 1.807) is 0 Å². The number of nitro groups is 1. The molecule has 9 nitrogen and oxygen atoms in total. The van der Waals surface area contributed by atoms with Crippen LogP contribution in [0.3, 0.4) is 0 Å². The highest BCUT2D eigenvalue weighted by molar-refractivity contribution is 7.09. The summed E-state index contributed by atoms with van der Waals surface area (Å²) in [7, 11) is 0. The van der Waals surface area contributed by atoms with E-state index in [4.69, 9.17) is 0 Å². The Morgan fingerprint density at radius 1 is 1.50 bits per heavy atom. The van der Waals surface area contributed by atoms with E-state index in [-0.39, 0.29) is 16.4 Å². The highest BCUT2D eigenvalue weighted by Crippen LogP contribution is 2.24. The largest absolute Gasteiger partial charge is 0.508 e. The molecule has 0 aliphatic carbocycles. The van der Waals surface area contributed by atoms with E-state index in [1.165, 1.54) is 0 Å². The van der Waals surface area contributed by atoms with Crippen molar-refractivity contribution in [1.82, 2.24) is 14.8 Å². The monoisotopic (exact) mass is 267 g/mol. The van der Waals surface area contributed by atoms with Gasteiger partial charge in [0.05, 0.1) is 4.92 Å². The number of nitrogens with one attached hydrogen (secondary N) is 1. The Hall–Kier alpha value is -2.62. The Morgan fingerprint density at radius 2 is 2.28 bits per heavy atom. The third-order valence-electron chi connectivity index (χ3n) is 1.94. The number of carbonyl (C=O) groups excluding carboxylic acids is 1. The van der Waals surface area contributed by atoms with Crippen molar-refractivity contribution in [2.45, 2.75) is 0 Å². The number of hydrogen-bond donors (Lipinski definition) is 2. The Labute approximate surface area is 103 Å². The molecule has 2 N–H and O–H groups in total. The first-order valence-electron chi connectivity index (χ1n) is 4.51. The molecule has 1 heterocycles. The second-order valence-electron chi connectivity index (χ2n) is 3.08. The number of carbonyl (C=O) groups is 1. The lowest BCUT2D eigenvalue weighted by Crippen LogP contribution is -2.13. The number of anilines is 1. The fourth-order valence-electron chi connectivity index (χ4n) is 1.21. The first kappa shape index (κ1) is 11.9. The van der Waals surface area contributed by atoms with Crippen LogP contribution in [0.5, 0.6) is 5.75 Å². The van der Waals surface area contributed by atoms with Crippen molar-refractivity contribution in [3.63, 3.8) is 0 Å². The van der Waals surface area contributed by atoms with Gasteiger partial charge in [-0.15, -0.1) is 0 Å². The van der Waals surface area contributed by atoms with Crippen LogP contribution in [0.1, 0.15) is 10.4 Å². The molecule has 0 fully saturated rings. The molecule has 0 radical (unpaired) electrons. The number of rotatable bonds is 3. The predicted molar refractivity (Wildman–Crippen MR) is 60.4 cm³/mol. The summed E-state index contributed by atoms with van der Waals surface area (Å²) in [6, 6.07) is 3.17. The second kappa shape index (κ2) is 4.71. The average Bonchev–Trinajstić information content (AvgIpc) is 2.81. The lowest BCUT2D eigenvalue weighted by Gasteiger charge is -2.02. The maximum Gasteiger partial charge on any atom is 0.282 e. The van der Waals surface area contributed by atoms with E-state index >= 15 is 0 Å². The van der Waals surface area contributed by atoms with Crippen molar-refractivity contribution in [2.75, 3.05) is 5.32 Å². The van der Waals surface area contributed by atoms with Crippen molar-refractivity contribution in [3.05, 3.63) is 33.9 Å². The first-order chi connectivity index (χ1) is 8.58. The zero-order valence-electron chi connectivity index (χ0n) is 8.60. The third kappa shape index (κ3) is 2.38. The topological polar surface area (TPSA) is 131 Å². The quantitative estimate of drug-likeness (QED) is 0.620. The molecule has 0 saturated carbocycles. The molecule has 0 unspecified atom stereocenters. The second-order valence-corrected chi connectivity index (χ2v) is 3.81. The van der Waals surface area contributed by atoms with Crippen LogP contribution in [0.4, 0.5) is 10.8 Å². The predicted octanol–water partition coefficient (Wildman–Crippen LogP) is 0.799. The number of benzene rings is 1. The van der Waals surface area contributed by atoms with Gasteiger partial charge in [0.15, 0.2) is 0 Å². The van der Waals surface area contributed by atoms with Crippen molar-refractivity contribution < 1.29 is 14.8 Å². The van der Waals surface area contributed by atoms with Gasteiger partial charge in [0, 0.05) is 17.6 Å². The molecule has 0 saturated heterocycles. The van der Waals surface area contributed by atoms with Crippen LogP contribution in [0.25, 0.3) is 0 Å². The highest BCUT2D eigenvalue weighted by atomic mass is 32.1. The summed E-state index contributed by atoms with van der Waals surface area (Å²) in [4.78, 5) is 21.8. The minimum atomic E-state index is -0.767. The van der Waals surface area contributed by atoms with Gasteiger partial charge in [0.1, 0.15) is 11.3 Å². The molecule has 1 aromatic carbocycles. The van der Waals surface area contributed by atoms with Gasteiger partial charge >= 0.3 is 0 Å². The van der Waals surface area contributed by atoms with Gasteiger partial charge in [0.2, 0.25) is 5.13 Å². The summed E-state index contributed by atoms with van der Waals surface area (Å²) in [5.74, 6) is -1.02. The summed E-state index contributed by atoms with van der Waals surface area (Å²) in [6.07, 6.45) is 0. The minimum Gasteiger partial charge on any atom is -0.508 e. The molecule has 0 spiro atoms. The van der Waals surface area contributed by atoms with Crippen LogP contribution >= 0.6 is 11.5 Å². The van der Waals surface area contributed by atoms with Crippen LogP contribution < -0.4 is 5.32 Å². The summed E-state index contributed by atoms with van der Waals surface area (Å²) in [5, 5.41) is 29.1. The van der Waals surface area contributed by atoms with Crippen LogP contribution in [-0.4, -0.2) is 30.7 Å².